The third-order valence-electron chi connectivity index (χ3n) is 2.00. The van der Waals surface area contributed by atoms with E-state index in [4.69, 9.17) is 0 Å². The van der Waals surface area contributed by atoms with Gasteiger partial charge in [0.15, 0.2) is 0 Å². The number of hydrogen-bond acceptors (Lipinski definition) is 1. The fourth-order valence-electron chi connectivity index (χ4n) is 1.44. The Hall–Kier alpha value is -0.580. The first kappa shape index (κ1) is 8.99. The van der Waals surface area contributed by atoms with Crippen LogP contribution in [0.1, 0.15) is 12.5 Å². The van der Waals surface area contributed by atoms with Crippen molar-refractivity contribution in [1.29, 1.82) is 0 Å². The van der Waals surface area contributed by atoms with Gasteiger partial charge in [0, 0.05) is 0 Å². The summed E-state index contributed by atoms with van der Waals surface area (Å²) in [5.41, 5.74) is 1.26. The third-order valence-corrected chi connectivity index (χ3v) is 4.89. The van der Waals surface area contributed by atoms with E-state index < -0.39 is 0 Å². The van der Waals surface area contributed by atoms with E-state index in [9.17, 15) is 4.79 Å². The van der Waals surface area contributed by atoms with Crippen LogP contribution in [0.5, 0.6) is 0 Å². The van der Waals surface area contributed by atoms with Gasteiger partial charge in [0.25, 0.3) is 0 Å². The van der Waals surface area contributed by atoms with Crippen molar-refractivity contribution in [2.24, 2.45) is 0 Å². The molecule has 0 atom stereocenters. The van der Waals surface area contributed by atoms with Gasteiger partial charge in [0.1, 0.15) is 0 Å². The van der Waals surface area contributed by atoms with Gasteiger partial charge in [-0.25, -0.2) is 0 Å². The van der Waals surface area contributed by atoms with Gasteiger partial charge in [-0.15, -0.1) is 0 Å². The molecule has 0 saturated carbocycles. The average molecular weight is 286 g/mol. The first-order valence-electron chi connectivity index (χ1n) is 4.22. The number of carbonyl (C=O) groups is 1. The summed E-state index contributed by atoms with van der Waals surface area (Å²) in [5, 5.41) is 1.32. The predicted octanol–water partition coefficient (Wildman–Crippen LogP) is 2.03. The van der Waals surface area contributed by atoms with Gasteiger partial charge in [-0.3, -0.25) is 0 Å². The zero-order valence-corrected chi connectivity index (χ0v) is 9.74. The predicted molar refractivity (Wildman–Crippen MR) is 55.3 cm³/mol. The van der Waals surface area contributed by atoms with Crippen LogP contribution in [0.2, 0.25) is 0 Å². The summed E-state index contributed by atoms with van der Waals surface area (Å²) in [6.07, 6.45) is 0.613. The molecular weight excluding hydrogens is 276 g/mol. The maximum absolute atomic E-state index is 11.0. The normalized spacial score (nSPS) is 10.5. The van der Waals surface area contributed by atoms with Crippen molar-refractivity contribution >= 4 is 35.0 Å². The van der Waals surface area contributed by atoms with Crippen molar-refractivity contribution in [3.05, 3.63) is 33.9 Å². The monoisotopic (exact) mass is 288 g/mol. The van der Waals surface area contributed by atoms with Crippen LogP contribution in [0.4, 0.5) is 0 Å². The first-order chi connectivity index (χ1) is 6.27. The second-order valence-electron chi connectivity index (χ2n) is 3.14. The van der Waals surface area contributed by atoms with Crippen LogP contribution in [-0.4, -0.2) is 26.2 Å². The number of fused-ring (bicyclic) bond motifs is 1. The molecule has 0 amide bonds. The van der Waals surface area contributed by atoms with E-state index in [1.54, 1.807) is 6.92 Å². The molecule has 2 aromatic rings. The van der Waals surface area contributed by atoms with E-state index in [1.807, 2.05) is 6.07 Å². The standard InChI is InChI=1S/C11H10OTe/c1-8(12)6-9-7-13-11-5-3-2-4-10(9)11/h2-5,7H,6H2,1H3. The second-order valence-corrected chi connectivity index (χ2v) is 5.74. The van der Waals surface area contributed by atoms with E-state index in [-0.39, 0.29) is 26.2 Å². The number of ketones is 1. The van der Waals surface area contributed by atoms with Crippen LogP contribution < -0.4 is 0 Å². The van der Waals surface area contributed by atoms with E-state index in [0.29, 0.717) is 6.42 Å². The summed E-state index contributed by atoms with van der Waals surface area (Å²) in [7, 11) is 0. The fraction of sp³-hybridized carbons (Fsp3) is 0.182. The van der Waals surface area contributed by atoms with E-state index in [0.717, 1.165) is 0 Å². The van der Waals surface area contributed by atoms with Gasteiger partial charge in [0.05, 0.1) is 0 Å². The van der Waals surface area contributed by atoms with E-state index in [1.165, 1.54) is 14.4 Å². The number of carbonyl (C=O) groups excluding carboxylic acids is 1. The molecule has 0 aliphatic rings. The second kappa shape index (κ2) is 3.65. The summed E-state index contributed by atoms with van der Waals surface area (Å²) in [6, 6.07) is 8.43. The van der Waals surface area contributed by atoms with Crippen molar-refractivity contribution in [3.8, 4) is 0 Å². The molecule has 0 radical (unpaired) electrons. The Balaban J connectivity index is 2.51. The topological polar surface area (TPSA) is 17.1 Å². The molecule has 0 fully saturated rings. The molecule has 66 valence electrons. The Kier molecular flexibility index (Phi) is 2.53. The number of Topliss-reactive ketones (excluding diaryl/α,β-unsaturated/α-hetero) is 1. The Morgan fingerprint density at radius 2 is 2.15 bits per heavy atom. The SMILES string of the molecule is CC(=O)Cc1c[te]c2ccccc12. The zero-order chi connectivity index (χ0) is 9.26. The van der Waals surface area contributed by atoms with Gasteiger partial charge in [-0.1, -0.05) is 0 Å². The molecule has 0 unspecified atom stereocenters. The molecule has 0 bridgehead atoms. The molecule has 0 spiro atoms. The molecular formula is C11H10OTe. The summed E-state index contributed by atoms with van der Waals surface area (Å²) >= 11 is -0.136. The first-order valence-corrected chi connectivity index (χ1v) is 6.73. The average Bonchev–Trinajstić information content (AvgIpc) is 2.48. The van der Waals surface area contributed by atoms with Crippen molar-refractivity contribution < 1.29 is 4.79 Å². The molecule has 0 aliphatic heterocycles. The molecule has 13 heavy (non-hydrogen) atoms. The van der Waals surface area contributed by atoms with Gasteiger partial charge in [0.2, 0.25) is 0 Å². The molecule has 2 rings (SSSR count). The minimum absolute atomic E-state index is 0.136. The summed E-state index contributed by atoms with van der Waals surface area (Å²) in [6.45, 7) is 1.66. The van der Waals surface area contributed by atoms with Gasteiger partial charge in [-0.2, -0.15) is 0 Å². The molecule has 1 heterocycles. The summed E-state index contributed by atoms with van der Waals surface area (Å²) < 4.78 is 3.76. The summed E-state index contributed by atoms with van der Waals surface area (Å²) in [5.74, 6) is 0.260. The third kappa shape index (κ3) is 1.85. The Morgan fingerprint density at radius 3 is 2.92 bits per heavy atom. The van der Waals surface area contributed by atoms with Crippen LogP contribution in [0.3, 0.4) is 0 Å². The Morgan fingerprint density at radius 1 is 1.38 bits per heavy atom. The zero-order valence-electron chi connectivity index (χ0n) is 7.41. The van der Waals surface area contributed by atoms with Crippen LogP contribution in [0, 0.1) is 0 Å². The molecule has 0 aliphatic carbocycles. The van der Waals surface area contributed by atoms with Crippen LogP contribution in [0.25, 0.3) is 8.79 Å². The summed E-state index contributed by atoms with van der Waals surface area (Å²) in [4.78, 5) is 11.0. The molecule has 1 aromatic heterocycles. The van der Waals surface area contributed by atoms with Crippen molar-refractivity contribution in [3.63, 3.8) is 0 Å². The molecule has 2 heteroatoms. The van der Waals surface area contributed by atoms with Crippen LogP contribution in [-0.2, 0) is 11.2 Å². The Bertz CT molecular complexity index is 442. The minimum atomic E-state index is -0.136. The van der Waals surface area contributed by atoms with Gasteiger partial charge in [-0.05, 0) is 0 Å². The molecule has 1 nitrogen and oxygen atoms in total. The van der Waals surface area contributed by atoms with Crippen molar-refractivity contribution in [2.75, 3.05) is 0 Å². The number of rotatable bonds is 2. The molecule has 1 aromatic carbocycles. The van der Waals surface area contributed by atoms with Crippen LogP contribution >= 0.6 is 0 Å². The van der Waals surface area contributed by atoms with E-state index in [2.05, 4.69) is 22.3 Å². The fourth-order valence-corrected chi connectivity index (χ4v) is 4.19. The van der Waals surface area contributed by atoms with Crippen molar-refractivity contribution in [2.45, 2.75) is 13.3 Å². The maximum atomic E-state index is 11.0. The number of hydrogen-bond donors (Lipinski definition) is 0. The van der Waals surface area contributed by atoms with Crippen LogP contribution in [0.15, 0.2) is 28.3 Å². The molecule has 0 saturated heterocycles. The van der Waals surface area contributed by atoms with Gasteiger partial charge < -0.3 is 0 Å². The van der Waals surface area contributed by atoms with E-state index >= 15 is 0 Å². The quantitative estimate of drug-likeness (QED) is 0.772. The molecule has 0 N–H and O–H groups in total. The number of benzene rings is 1. The van der Waals surface area contributed by atoms with Crippen molar-refractivity contribution in [1.82, 2.24) is 0 Å². The van der Waals surface area contributed by atoms with Gasteiger partial charge >= 0.3 is 87.1 Å². The Labute approximate surface area is 87.0 Å².